The van der Waals surface area contributed by atoms with Crippen molar-refractivity contribution in [1.82, 2.24) is 9.80 Å². The molecule has 0 N–H and O–H groups in total. The SMILES string of the molecule is O=C(c1ccccc1Br)N1CCN(Cc2ccccc2)CC1. The highest BCUT2D eigenvalue weighted by Gasteiger charge is 2.23. The van der Waals surface area contributed by atoms with Crippen molar-refractivity contribution in [3.63, 3.8) is 0 Å². The van der Waals surface area contributed by atoms with E-state index in [1.165, 1.54) is 5.56 Å². The van der Waals surface area contributed by atoms with Crippen molar-refractivity contribution in [1.29, 1.82) is 0 Å². The van der Waals surface area contributed by atoms with Crippen LogP contribution in [0.4, 0.5) is 0 Å². The number of nitrogens with zero attached hydrogens (tertiary/aromatic N) is 2. The van der Waals surface area contributed by atoms with Crippen LogP contribution in [0.3, 0.4) is 0 Å². The molecule has 1 aliphatic heterocycles. The van der Waals surface area contributed by atoms with Gasteiger partial charge in [0, 0.05) is 37.2 Å². The molecule has 1 fully saturated rings. The summed E-state index contributed by atoms with van der Waals surface area (Å²) in [6.07, 6.45) is 0. The summed E-state index contributed by atoms with van der Waals surface area (Å²) in [4.78, 5) is 16.9. The van der Waals surface area contributed by atoms with E-state index in [0.29, 0.717) is 0 Å². The van der Waals surface area contributed by atoms with Crippen LogP contribution in [0.15, 0.2) is 59.1 Å². The first-order chi connectivity index (χ1) is 10.7. The van der Waals surface area contributed by atoms with Gasteiger partial charge in [-0.1, -0.05) is 42.5 Å². The van der Waals surface area contributed by atoms with Crippen molar-refractivity contribution in [3.8, 4) is 0 Å². The molecular formula is C18H19BrN2O. The molecule has 0 aliphatic carbocycles. The normalized spacial score (nSPS) is 15.8. The van der Waals surface area contributed by atoms with E-state index in [-0.39, 0.29) is 5.91 Å². The molecule has 0 spiro atoms. The van der Waals surface area contributed by atoms with Gasteiger partial charge in [0.25, 0.3) is 5.91 Å². The van der Waals surface area contributed by atoms with Crippen molar-refractivity contribution in [2.45, 2.75) is 6.54 Å². The van der Waals surface area contributed by atoms with Crippen molar-refractivity contribution in [2.75, 3.05) is 26.2 Å². The number of hydrogen-bond donors (Lipinski definition) is 0. The van der Waals surface area contributed by atoms with Crippen LogP contribution < -0.4 is 0 Å². The smallest absolute Gasteiger partial charge is 0.255 e. The summed E-state index contributed by atoms with van der Waals surface area (Å²) >= 11 is 3.46. The highest BCUT2D eigenvalue weighted by atomic mass is 79.9. The highest BCUT2D eigenvalue weighted by molar-refractivity contribution is 9.10. The first kappa shape index (κ1) is 15.3. The molecule has 0 aromatic heterocycles. The summed E-state index contributed by atoms with van der Waals surface area (Å²) < 4.78 is 0.867. The fourth-order valence-corrected chi connectivity index (χ4v) is 3.21. The molecule has 22 heavy (non-hydrogen) atoms. The van der Waals surface area contributed by atoms with E-state index < -0.39 is 0 Å². The Labute approximate surface area is 139 Å². The minimum Gasteiger partial charge on any atom is -0.336 e. The number of hydrogen-bond acceptors (Lipinski definition) is 2. The van der Waals surface area contributed by atoms with Crippen LogP contribution in [0.25, 0.3) is 0 Å². The Morgan fingerprint density at radius 2 is 1.55 bits per heavy atom. The van der Waals surface area contributed by atoms with Crippen molar-refractivity contribution in [2.24, 2.45) is 0 Å². The summed E-state index contributed by atoms with van der Waals surface area (Å²) in [6, 6.07) is 18.1. The number of halogens is 1. The summed E-state index contributed by atoms with van der Waals surface area (Å²) in [5, 5.41) is 0. The largest absolute Gasteiger partial charge is 0.336 e. The van der Waals surface area contributed by atoms with Crippen LogP contribution >= 0.6 is 15.9 Å². The van der Waals surface area contributed by atoms with E-state index in [2.05, 4.69) is 45.1 Å². The standard InChI is InChI=1S/C18H19BrN2O/c19-17-9-5-4-8-16(17)18(22)21-12-10-20(11-13-21)14-15-6-2-1-3-7-15/h1-9H,10-14H2. The van der Waals surface area contributed by atoms with Crippen LogP contribution in [0.2, 0.25) is 0 Å². The molecule has 2 aromatic carbocycles. The number of amides is 1. The van der Waals surface area contributed by atoms with Crippen LogP contribution in [0.5, 0.6) is 0 Å². The maximum atomic E-state index is 12.6. The predicted octanol–water partition coefficient (Wildman–Crippen LogP) is 3.41. The maximum Gasteiger partial charge on any atom is 0.255 e. The average Bonchev–Trinajstić information content (AvgIpc) is 2.56. The summed E-state index contributed by atoms with van der Waals surface area (Å²) in [6.45, 7) is 4.37. The number of rotatable bonds is 3. The lowest BCUT2D eigenvalue weighted by Gasteiger charge is -2.35. The van der Waals surface area contributed by atoms with Crippen LogP contribution in [0, 0.1) is 0 Å². The molecule has 1 amide bonds. The zero-order chi connectivity index (χ0) is 15.4. The summed E-state index contributed by atoms with van der Waals surface area (Å²) in [5.41, 5.74) is 2.08. The second kappa shape index (κ2) is 7.07. The lowest BCUT2D eigenvalue weighted by atomic mass is 10.1. The van der Waals surface area contributed by atoms with Gasteiger partial charge >= 0.3 is 0 Å². The molecule has 1 heterocycles. The van der Waals surface area contributed by atoms with Gasteiger partial charge in [-0.05, 0) is 33.6 Å². The van der Waals surface area contributed by atoms with Crippen molar-refractivity contribution in [3.05, 3.63) is 70.2 Å². The van der Waals surface area contributed by atoms with Gasteiger partial charge in [-0.25, -0.2) is 0 Å². The van der Waals surface area contributed by atoms with Gasteiger partial charge in [0.05, 0.1) is 5.56 Å². The Morgan fingerprint density at radius 3 is 2.23 bits per heavy atom. The van der Waals surface area contributed by atoms with E-state index in [9.17, 15) is 4.79 Å². The molecule has 2 aromatic rings. The fraction of sp³-hybridized carbons (Fsp3) is 0.278. The third-order valence-electron chi connectivity index (χ3n) is 4.01. The zero-order valence-corrected chi connectivity index (χ0v) is 14.0. The van der Waals surface area contributed by atoms with E-state index >= 15 is 0 Å². The van der Waals surface area contributed by atoms with Gasteiger partial charge in [0.1, 0.15) is 0 Å². The number of piperazine rings is 1. The topological polar surface area (TPSA) is 23.6 Å². The summed E-state index contributed by atoms with van der Waals surface area (Å²) in [5.74, 6) is 0.117. The molecule has 0 atom stereocenters. The monoisotopic (exact) mass is 358 g/mol. The maximum absolute atomic E-state index is 12.6. The molecule has 3 nitrogen and oxygen atoms in total. The summed E-state index contributed by atoms with van der Waals surface area (Å²) in [7, 11) is 0. The molecule has 1 saturated heterocycles. The first-order valence-electron chi connectivity index (χ1n) is 7.54. The third-order valence-corrected chi connectivity index (χ3v) is 4.70. The van der Waals surface area contributed by atoms with Gasteiger partial charge in [0.2, 0.25) is 0 Å². The molecule has 0 bridgehead atoms. The average molecular weight is 359 g/mol. The lowest BCUT2D eigenvalue weighted by Crippen LogP contribution is -2.48. The Morgan fingerprint density at radius 1 is 0.909 bits per heavy atom. The fourth-order valence-electron chi connectivity index (χ4n) is 2.76. The second-order valence-electron chi connectivity index (χ2n) is 5.53. The van der Waals surface area contributed by atoms with E-state index in [1.807, 2.05) is 35.2 Å². The molecular weight excluding hydrogens is 340 g/mol. The first-order valence-corrected chi connectivity index (χ1v) is 8.33. The van der Waals surface area contributed by atoms with Gasteiger partial charge in [-0.3, -0.25) is 9.69 Å². The zero-order valence-electron chi connectivity index (χ0n) is 12.4. The van der Waals surface area contributed by atoms with Crippen molar-refractivity contribution >= 4 is 21.8 Å². The Hall–Kier alpha value is -1.65. The molecule has 1 aliphatic rings. The quantitative estimate of drug-likeness (QED) is 0.839. The van der Waals surface area contributed by atoms with Crippen LogP contribution in [0.1, 0.15) is 15.9 Å². The van der Waals surface area contributed by atoms with Gasteiger partial charge in [-0.2, -0.15) is 0 Å². The van der Waals surface area contributed by atoms with E-state index in [0.717, 1.165) is 42.8 Å². The number of carbonyl (C=O) groups is 1. The van der Waals surface area contributed by atoms with Gasteiger partial charge < -0.3 is 4.90 Å². The minimum absolute atomic E-state index is 0.117. The molecule has 0 saturated carbocycles. The lowest BCUT2D eigenvalue weighted by molar-refractivity contribution is 0.0627. The third kappa shape index (κ3) is 3.57. The molecule has 3 rings (SSSR count). The molecule has 0 radical (unpaired) electrons. The van der Waals surface area contributed by atoms with E-state index in [1.54, 1.807) is 0 Å². The van der Waals surface area contributed by atoms with Gasteiger partial charge in [0.15, 0.2) is 0 Å². The minimum atomic E-state index is 0.117. The van der Waals surface area contributed by atoms with Gasteiger partial charge in [-0.15, -0.1) is 0 Å². The number of benzene rings is 2. The van der Waals surface area contributed by atoms with Crippen molar-refractivity contribution < 1.29 is 4.79 Å². The molecule has 114 valence electrons. The van der Waals surface area contributed by atoms with Crippen LogP contribution in [-0.2, 0) is 6.54 Å². The highest BCUT2D eigenvalue weighted by Crippen LogP contribution is 2.19. The Bertz CT molecular complexity index is 637. The van der Waals surface area contributed by atoms with E-state index in [4.69, 9.17) is 0 Å². The van der Waals surface area contributed by atoms with Crippen LogP contribution in [-0.4, -0.2) is 41.9 Å². The predicted molar refractivity (Wildman–Crippen MR) is 91.8 cm³/mol. The Balaban J connectivity index is 1.58. The molecule has 0 unspecified atom stereocenters. The second-order valence-corrected chi connectivity index (χ2v) is 6.39. The Kier molecular flexibility index (Phi) is 4.90. The molecule has 4 heteroatoms. The number of carbonyl (C=O) groups excluding carboxylic acids is 1.